The van der Waals surface area contributed by atoms with Gasteiger partial charge in [-0.2, -0.15) is 6.42 Å². The summed E-state index contributed by atoms with van der Waals surface area (Å²) in [6, 6.07) is 8.55. The third-order valence-corrected chi connectivity index (χ3v) is 1.88. The summed E-state index contributed by atoms with van der Waals surface area (Å²) >= 11 is 0. The van der Waals surface area contributed by atoms with Gasteiger partial charge in [0.25, 0.3) is 0 Å². The van der Waals surface area contributed by atoms with Gasteiger partial charge in [0.15, 0.2) is 0 Å². The molecule has 2 rings (SSSR count). The molecule has 0 nitrogen and oxygen atoms in total. The van der Waals surface area contributed by atoms with Gasteiger partial charge in [-0.25, -0.2) is 0 Å². The van der Waals surface area contributed by atoms with Crippen molar-refractivity contribution >= 4 is 0 Å². The van der Waals surface area contributed by atoms with Crippen LogP contribution >= 0.6 is 0 Å². The second kappa shape index (κ2) is 3.86. The van der Waals surface area contributed by atoms with Gasteiger partial charge in [-0.3, -0.25) is 6.08 Å². The molecule has 0 atom stereocenters. The van der Waals surface area contributed by atoms with Gasteiger partial charge in [-0.05, 0) is 12.0 Å². The van der Waals surface area contributed by atoms with Crippen molar-refractivity contribution < 1.29 is 20.4 Å². The third-order valence-electron chi connectivity index (χ3n) is 1.88. The molecule has 11 heavy (non-hydrogen) atoms. The Kier molecular flexibility index (Phi) is 3.05. The van der Waals surface area contributed by atoms with Crippen molar-refractivity contribution in [3.8, 4) is 0 Å². The molecule has 0 aromatic heterocycles. The van der Waals surface area contributed by atoms with E-state index in [0.29, 0.717) is 0 Å². The fourth-order valence-electron chi connectivity index (χ4n) is 1.29. The fourth-order valence-corrected chi connectivity index (χ4v) is 1.29. The first kappa shape index (κ1) is 8.72. The van der Waals surface area contributed by atoms with Crippen LogP contribution in [0.15, 0.2) is 30.3 Å². The number of hydrogen-bond acceptors (Lipinski definition) is 0. The smallest absolute Gasteiger partial charge is 0 e. The maximum Gasteiger partial charge on any atom is 0 e. The Morgan fingerprint density at radius 3 is 2.55 bits per heavy atom. The summed E-state index contributed by atoms with van der Waals surface area (Å²) in [5, 5.41) is 0. The van der Waals surface area contributed by atoms with Crippen LogP contribution in [0.3, 0.4) is 0 Å². The van der Waals surface area contributed by atoms with Crippen molar-refractivity contribution in [3.63, 3.8) is 0 Å². The Morgan fingerprint density at radius 2 is 1.82 bits per heavy atom. The Morgan fingerprint density at radius 1 is 1.09 bits per heavy atom. The maximum atomic E-state index is 3.22. The number of fused-ring (bicyclic) bond motifs is 1. The number of allylic oxidation sites excluding steroid dienone is 2. The molecule has 0 N–H and O–H groups in total. The molecule has 0 aliphatic heterocycles. The van der Waals surface area contributed by atoms with Gasteiger partial charge in [0.1, 0.15) is 0 Å². The summed E-state index contributed by atoms with van der Waals surface area (Å²) in [5.41, 5.74) is 2.89. The van der Waals surface area contributed by atoms with Gasteiger partial charge >= 0.3 is 0 Å². The second-order valence-electron chi connectivity index (χ2n) is 2.56. The van der Waals surface area contributed by atoms with Crippen molar-refractivity contribution in [1.82, 2.24) is 0 Å². The van der Waals surface area contributed by atoms with Crippen LogP contribution < -0.4 is 0 Å². The summed E-state index contributed by atoms with van der Waals surface area (Å²) in [6.45, 7) is 0. The van der Waals surface area contributed by atoms with Crippen LogP contribution in [0.2, 0.25) is 0 Å². The van der Waals surface area contributed by atoms with Crippen LogP contribution in [-0.4, -0.2) is 0 Å². The van der Waals surface area contributed by atoms with E-state index in [1.807, 2.05) is 0 Å². The van der Waals surface area contributed by atoms with Gasteiger partial charge in [-0.15, -0.1) is 0 Å². The van der Waals surface area contributed by atoms with Crippen molar-refractivity contribution in [3.05, 3.63) is 47.5 Å². The van der Waals surface area contributed by atoms with Crippen LogP contribution in [0.1, 0.15) is 11.1 Å². The molecule has 0 heterocycles. The average molecular weight is 315 g/mol. The van der Waals surface area contributed by atoms with Crippen LogP contribution in [0.4, 0.5) is 0 Å². The van der Waals surface area contributed by atoms with E-state index in [0.717, 1.165) is 12.8 Å². The second-order valence-corrected chi connectivity index (χ2v) is 2.56. The molecule has 1 aromatic rings. The molecular weight excluding hydrogens is 306 g/mol. The van der Waals surface area contributed by atoms with Crippen molar-refractivity contribution in [1.29, 1.82) is 0 Å². The first-order valence-corrected chi connectivity index (χ1v) is 3.58. The average Bonchev–Trinajstić information content (AvgIpc) is 2.05. The monoisotopic (exact) mass is 316 g/mol. The Labute approximate surface area is 81.0 Å². The Bertz CT molecular complexity index is 236. The maximum absolute atomic E-state index is 3.22. The molecule has 1 heteroatoms. The van der Waals surface area contributed by atoms with E-state index in [1.54, 1.807) is 0 Å². The zero-order chi connectivity index (χ0) is 6.81. The van der Waals surface area contributed by atoms with Crippen LogP contribution in [-0.2, 0) is 33.3 Å². The summed E-state index contributed by atoms with van der Waals surface area (Å²) in [4.78, 5) is 0. The molecule has 57 valence electrons. The molecule has 0 unspecified atom stereocenters. The third kappa shape index (κ3) is 1.80. The Hall–Kier alpha value is -0.378. The van der Waals surface area contributed by atoms with E-state index in [1.165, 1.54) is 11.1 Å². The fraction of sp³-hybridized carbons (Fsp3) is 0.200. The zero-order valence-electron chi connectivity index (χ0n) is 6.18. The van der Waals surface area contributed by atoms with Crippen LogP contribution in [0, 0.1) is 6.08 Å². The number of hydrogen-bond donors (Lipinski definition) is 0. The summed E-state index contributed by atoms with van der Waals surface area (Å²) in [6.07, 6.45) is 7.39. The molecule has 0 bridgehead atoms. The van der Waals surface area contributed by atoms with Gasteiger partial charge < -0.3 is 6.08 Å². The van der Waals surface area contributed by atoms with E-state index < -0.39 is 0 Å². The normalized spacial score (nSPS) is 13.5. The van der Waals surface area contributed by atoms with Crippen molar-refractivity contribution in [2.75, 3.05) is 0 Å². The van der Waals surface area contributed by atoms with E-state index >= 15 is 0 Å². The predicted molar refractivity (Wildman–Crippen MR) is 41.7 cm³/mol. The molecule has 0 saturated carbocycles. The van der Waals surface area contributed by atoms with Gasteiger partial charge in [0, 0.05) is 20.4 Å². The van der Waals surface area contributed by atoms with Gasteiger partial charge in [0.05, 0.1) is 0 Å². The molecule has 0 amide bonds. The molecule has 1 radical (unpaired) electrons. The summed E-state index contributed by atoms with van der Waals surface area (Å²) < 4.78 is 0. The summed E-state index contributed by atoms with van der Waals surface area (Å²) in [5.74, 6) is 0. The number of rotatable bonds is 0. The minimum Gasteiger partial charge on any atom is -0.496 e. The quantitative estimate of drug-likeness (QED) is 0.644. The minimum atomic E-state index is 0. The first-order valence-electron chi connectivity index (χ1n) is 3.58. The standard InChI is InChI=1S/C10H9.Re/c1-2-6-10-8-4-3-7-9(10)5-1;/h1-3,5-6H,7-8H2;/q-1;. The first-order chi connectivity index (χ1) is 4.97. The predicted octanol–water partition coefficient (Wildman–Crippen LogP) is 2.14. The molecule has 0 fully saturated rings. The molecular formula is C10H9Re-. The summed E-state index contributed by atoms with van der Waals surface area (Å²) in [7, 11) is 0. The SMILES string of the molecule is [C-]1=CCc2ccccc2C1.[Re]. The minimum absolute atomic E-state index is 0. The van der Waals surface area contributed by atoms with Crippen molar-refractivity contribution in [2.45, 2.75) is 12.8 Å². The Balaban J connectivity index is 0.000000605. The van der Waals surface area contributed by atoms with Gasteiger partial charge in [-0.1, -0.05) is 29.8 Å². The molecule has 1 aliphatic rings. The van der Waals surface area contributed by atoms with E-state index in [4.69, 9.17) is 0 Å². The van der Waals surface area contributed by atoms with Crippen LogP contribution in [0.5, 0.6) is 0 Å². The van der Waals surface area contributed by atoms with Crippen LogP contribution in [0.25, 0.3) is 0 Å². The van der Waals surface area contributed by atoms with E-state index in [9.17, 15) is 0 Å². The topological polar surface area (TPSA) is 0 Å². The molecule has 1 aliphatic carbocycles. The largest absolute Gasteiger partial charge is 0.496 e. The number of benzene rings is 1. The molecule has 0 saturated heterocycles. The van der Waals surface area contributed by atoms with Crippen molar-refractivity contribution in [2.24, 2.45) is 0 Å². The zero-order valence-corrected chi connectivity index (χ0v) is 8.89. The van der Waals surface area contributed by atoms with E-state index in [2.05, 4.69) is 36.4 Å². The molecule has 0 spiro atoms. The van der Waals surface area contributed by atoms with Gasteiger partial charge in [0.2, 0.25) is 0 Å². The molecule has 1 aromatic carbocycles. The van der Waals surface area contributed by atoms with E-state index in [-0.39, 0.29) is 20.4 Å².